The lowest BCUT2D eigenvalue weighted by molar-refractivity contribution is -0.124. The van der Waals surface area contributed by atoms with Gasteiger partial charge in [0, 0.05) is 30.9 Å². The maximum Gasteiger partial charge on any atom is 0.220 e. The van der Waals surface area contributed by atoms with Crippen molar-refractivity contribution in [3.05, 3.63) is 0 Å². The quantitative estimate of drug-likeness (QED) is 0.731. The Kier molecular flexibility index (Phi) is 5.52. The van der Waals surface area contributed by atoms with E-state index in [2.05, 4.69) is 5.32 Å². The number of halogens is 1. The molecule has 0 atom stereocenters. The van der Waals surface area contributed by atoms with Crippen LogP contribution in [0.2, 0.25) is 0 Å². The zero-order valence-corrected chi connectivity index (χ0v) is 12.7. The van der Waals surface area contributed by atoms with Crippen molar-refractivity contribution in [3.63, 3.8) is 0 Å². The Bertz CT molecular complexity index is 297. The summed E-state index contributed by atoms with van der Waals surface area (Å²) in [6.45, 7) is 3.56. The fraction of sp³-hybridized carbons (Fsp3) is 0.933. The summed E-state index contributed by atoms with van der Waals surface area (Å²) in [6.07, 6.45) is 7.96. The average molecular weight is 288 g/mol. The molecule has 0 unspecified atom stereocenters. The lowest BCUT2D eigenvalue weighted by Gasteiger charge is -2.35. The van der Waals surface area contributed by atoms with Gasteiger partial charge in [-0.25, -0.2) is 0 Å². The Morgan fingerprint density at radius 1 is 1.37 bits per heavy atom. The fourth-order valence-electron chi connectivity index (χ4n) is 3.32. The Labute approximate surface area is 121 Å². The minimum absolute atomic E-state index is 0.171. The van der Waals surface area contributed by atoms with Gasteiger partial charge < -0.3 is 10.1 Å². The molecule has 0 saturated heterocycles. The SMILES string of the molecule is CCOC1CC(CC(=O)NCC2(CCl)CCCC2)C1. The highest BCUT2D eigenvalue weighted by Crippen LogP contribution is 2.38. The van der Waals surface area contributed by atoms with Gasteiger partial charge in [-0.15, -0.1) is 11.6 Å². The number of hydrogen-bond acceptors (Lipinski definition) is 2. The zero-order valence-electron chi connectivity index (χ0n) is 11.9. The second kappa shape index (κ2) is 6.94. The van der Waals surface area contributed by atoms with E-state index < -0.39 is 0 Å². The molecule has 2 saturated carbocycles. The minimum Gasteiger partial charge on any atom is -0.378 e. The van der Waals surface area contributed by atoms with E-state index in [0.29, 0.717) is 24.3 Å². The maximum absolute atomic E-state index is 11.9. The molecule has 2 fully saturated rings. The Balaban J connectivity index is 1.63. The summed E-state index contributed by atoms with van der Waals surface area (Å²) in [5.74, 6) is 1.38. The first kappa shape index (κ1) is 15.1. The first-order valence-electron chi connectivity index (χ1n) is 7.62. The maximum atomic E-state index is 11.9. The summed E-state index contributed by atoms with van der Waals surface area (Å²) in [5.41, 5.74) is 0.171. The molecule has 0 aliphatic heterocycles. The minimum atomic E-state index is 0.171. The standard InChI is InChI=1S/C15H26ClNO2/c1-2-19-13-7-12(8-13)9-14(18)17-11-15(10-16)5-3-4-6-15/h12-13H,2-11H2,1H3,(H,17,18). The molecule has 19 heavy (non-hydrogen) atoms. The van der Waals surface area contributed by atoms with Gasteiger partial charge in [-0.3, -0.25) is 4.79 Å². The van der Waals surface area contributed by atoms with Crippen LogP contribution in [0.4, 0.5) is 0 Å². The third kappa shape index (κ3) is 4.09. The van der Waals surface area contributed by atoms with E-state index >= 15 is 0 Å². The smallest absolute Gasteiger partial charge is 0.220 e. The monoisotopic (exact) mass is 287 g/mol. The summed E-state index contributed by atoms with van der Waals surface area (Å²) in [6, 6.07) is 0. The van der Waals surface area contributed by atoms with Crippen molar-refractivity contribution in [3.8, 4) is 0 Å². The van der Waals surface area contributed by atoms with Crippen molar-refractivity contribution in [2.24, 2.45) is 11.3 Å². The van der Waals surface area contributed by atoms with Crippen molar-refractivity contribution in [1.29, 1.82) is 0 Å². The van der Waals surface area contributed by atoms with Gasteiger partial charge in [0.25, 0.3) is 0 Å². The van der Waals surface area contributed by atoms with Crippen LogP contribution in [0.1, 0.15) is 51.9 Å². The summed E-state index contributed by atoms with van der Waals surface area (Å²) in [4.78, 5) is 11.9. The molecule has 2 rings (SSSR count). The summed E-state index contributed by atoms with van der Waals surface area (Å²) in [7, 11) is 0. The molecule has 0 bridgehead atoms. The highest BCUT2D eigenvalue weighted by atomic mass is 35.5. The number of nitrogens with one attached hydrogen (secondary N) is 1. The van der Waals surface area contributed by atoms with Gasteiger partial charge in [0.1, 0.15) is 0 Å². The number of rotatable bonds is 7. The lowest BCUT2D eigenvalue weighted by atomic mass is 9.79. The van der Waals surface area contributed by atoms with Gasteiger partial charge in [0.2, 0.25) is 5.91 Å². The van der Waals surface area contributed by atoms with E-state index in [1.807, 2.05) is 6.92 Å². The molecular weight excluding hydrogens is 262 g/mol. The fourth-order valence-corrected chi connectivity index (χ4v) is 3.68. The molecule has 0 heterocycles. The molecule has 0 aromatic rings. The van der Waals surface area contributed by atoms with Crippen molar-refractivity contribution >= 4 is 17.5 Å². The van der Waals surface area contributed by atoms with E-state index in [-0.39, 0.29) is 11.3 Å². The number of alkyl halides is 1. The van der Waals surface area contributed by atoms with Crippen molar-refractivity contribution < 1.29 is 9.53 Å². The normalized spacial score (nSPS) is 28.9. The van der Waals surface area contributed by atoms with Gasteiger partial charge >= 0.3 is 0 Å². The molecule has 0 radical (unpaired) electrons. The average Bonchev–Trinajstić information content (AvgIpc) is 2.83. The van der Waals surface area contributed by atoms with E-state index in [0.717, 1.165) is 38.8 Å². The van der Waals surface area contributed by atoms with Crippen LogP contribution in [0.15, 0.2) is 0 Å². The van der Waals surface area contributed by atoms with Crippen LogP contribution in [-0.4, -0.2) is 31.0 Å². The molecule has 1 N–H and O–H groups in total. The molecule has 2 aliphatic carbocycles. The van der Waals surface area contributed by atoms with Crippen LogP contribution >= 0.6 is 11.6 Å². The molecule has 1 amide bonds. The van der Waals surface area contributed by atoms with Crippen LogP contribution in [0.3, 0.4) is 0 Å². The molecule has 4 heteroatoms. The highest BCUT2D eigenvalue weighted by Gasteiger charge is 2.34. The van der Waals surface area contributed by atoms with Gasteiger partial charge in [-0.1, -0.05) is 12.8 Å². The molecule has 0 aromatic carbocycles. The third-order valence-electron chi connectivity index (χ3n) is 4.68. The predicted molar refractivity (Wildman–Crippen MR) is 77.4 cm³/mol. The van der Waals surface area contributed by atoms with E-state index in [1.165, 1.54) is 12.8 Å². The van der Waals surface area contributed by atoms with E-state index in [4.69, 9.17) is 16.3 Å². The Hall–Kier alpha value is -0.280. The van der Waals surface area contributed by atoms with Crippen LogP contribution in [-0.2, 0) is 9.53 Å². The first-order chi connectivity index (χ1) is 9.17. The first-order valence-corrected chi connectivity index (χ1v) is 8.15. The van der Waals surface area contributed by atoms with Gasteiger partial charge in [0.05, 0.1) is 6.10 Å². The summed E-state index contributed by atoms with van der Waals surface area (Å²) < 4.78 is 5.52. The second-order valence-corrected chi connectivity index (χ2v) is 6.50. The summed E-state index contributed by atoms with van der Waals surface area (Å²) >= 11 is 6.08. The van der Waals surface area contributed by atoms with Crippen LogP contribution in [0.5, 0.6) is 0 Å². The molecular formula is C15H26ClNO2. The van der Waals surface area contributed by atoms with Gasteiger partial charge in [0.15, 0.2) is 0 Å². The number of carbonyl (C=O) groups excluding carboxylic acids is 1. The largest absolute Gasteiger partial charge is 0.378 e. The molecule has 0 spiro atoms. The number of ether oxygens (including phenoxy) is 1. The molecule has 2 aliphatic rings. The predicted octanol–water partition coefficient (Wildman–Crippen LogP) is 3.11. The molecule has 110 valence electrons. The number of amides is 1. The van der Waals surface area contributed by atoms with Gasteiger partial charge in [-0.05, 0) is 38.5 Å². The highest BCUT2D eigenvalue weighted by molar-refractivity contribution is 6.18. The Morgan fingerprint density at radius 3 is 2.63 bits per heavy atom. The van der Waals surface area contributed by atoms with Crippen molar-refractivity contribution in [2.75, 3.05) is 19.0 Å². The second-order valence-electron chi connectivity index (χ2n) is 6.24. The van der Waals surface area contributed by atoms with Crippen molar-refractivity contribution in [2.45, 2.75) is 58.0 Å². The number of hydrogen-bond donors (Lipinski definition) is 1. The molecule has 3 nitrogen and oxygen atoms in total. The lowest BCUT2D eigenvalue weighted by Crippen LogP contribution is -2.40. The van der Waals surface area contributed by atoms with Gasteiger partial charge in [-0.2, -0.15) is 0 Å². The van der Waals surface area contributed by atoms with E-state index in [9.17, 15) is 4.79 Å². The zero-order chi connectivity index (χ0) is 13.7. The van der Waals surface area contributed by atoms with Crippen LogP contribution < -0.4 is 5.32 Å². The van der Waals surface area contributed by atoms with Crippen LogP contribution in [0, 0.1) is 11.3 Å². The third-order valence-corrected chi connectivity index (χ3v) is 5.24. The summed E-state index contributed by atoms with van der Waals surface area (Å²) in [5, 5.41) is 3.10. The van der Waals surface area contributed by atoms with Crippen molar-refractivity contribution in [1.82, 2.24) is 5.32 Å². The number of carbonyl (C=O) groups is 1. The topological polar surface area (TPSA) is 38.3 Å². The van der Waals surface area contributed by atoms with Crippen LogP contribution in [0.25, 0.3) is 0 Å². The molecule has 0 aromatic heterocycles. The van der Waals surface area contributed by atoms with E-state index in [1.54, 1.807) is 0 Å². The Morgan fingerprint density at radius 2 is 2.05 bits per heavy atom.